The first-order valence-electron chi connectivity index (χ1n) is 8.97. The summed E-state index contributed by atoms with van der Waals surface area (Å²) in [4.78, 5) is 25.0. The second kappa shape index (κ2) is 8.99. The molecule has 0 aliphatic rings. The maximum Gasteiger partial charge on any atom is 0.294 e. The van der Waals surface area contributed by atoms with Crippen molar-refractivity contribution in [1.29, 1.82) is 0 Å². The average Bonchev–Trinajstić information content (AvgIpc) is 3.03. The highest BCUT2D eigenvalue weighted by atomic mass is 35.5. The van der Waals surface area contributed by atoms with Crippen LogP contribution in [0.25, 0.3) is 16.9 Å². The standard InChI is InChI=1S/C21H18Cl3N3O2/c1-3-10-25-21(29)20(28)18-12(2)19(13-4-6-14(22)7-5-13)27(26-18)17-9-8-15(23)11-16(17)24/h4-9,11H,3,10H2,1-2H3,(H,25,29). The molecular weight excluding hydrogens is 433 g/mol. The molecule has 0 unspecified atom stereocenters. The smallest absolute Gasteiger partial charge is 0.294 e. The molecular formula is C21H18Cl3N3O2. The van der Waals surface area contributed by atoms with Gasteiger partial charge in [-0.05, 0) is 43.7 Å². The van der Waals surface area contributed by atoms with E-state index in [-0.39, 0.29) is 5.69 Å². The first-order valence-corrected chi connectivity index (χ1v) is 10.1. The molecule has 3 aromatic rings. The van der Waals surface area contributed by atoms with Crippen molar-refractivity contribution in [3.63, 3.8) is 0 Å². The Balaban J connectivity index is 2.19. The molecule has 0 aliphatic heterocycles. The van der Waals surface area contributed by atoms with Crippen LogP contribution in [0.2, 0.25) is 15.1 Å². The number of Topliss-reactive ketones (excluding diaryl/α,β-unsaturated/α-hetero) is 1. The van der Waals surface area contributed by atoms with Gasteiger partial charge < -0.3 is 5.32 Å². The average molecular weight is 451 g/mol. The van der Waals surface area contributed by atoms with E-state index in [1.54, 1.807) is 41.9 Å². The lowest BCUT2D eigenvalue weighted by Crippen LogP contribution is -2.32. The van der Waals surface area contributed by atoms with Crippen molar-refractivity contribution >= 4 is 46.5 Å². The summed E-state index contributed by atoms with van der Waals surface area (Å²) < 4.78 is 1.55. The Labute approximate surface area is 183 Å². The predicted octanol–water partition coefficient (Wildman–Crippen LogP) is 5.52. The number of amides is 1. The van der Waals surface area contributed by atoms with E-state index in [0.717, 1.165) is 12.0 Å². The third-order valence-corrected chi connectivity index (χ3v) is 5.12. The molecule has 0 aliphatic carbocycles. The molecule has 0 atom stereocenters. The topological polar surface area (TPSA) is 64.0 Å². The Bertz CT molecular complexity index is 1080. The first-order chi connectivity index (χ1) is 13.8. The second-order valence-corrected chi connectivity index (χ2v) is 7.70. The fourth-order valence-corrected chi connectivity index (χ4v) is 3.53. The molecule has 0 fully saturated rings. The third-order valence-electron chi connectivity index (χ3n) is 4.33. The molecule has 150 valence electrons. The van der Waals surface area contributed by atoms with Crippen molar-refractivity contribution in [2.45, 2.75) is 20.3 Å². The Morgan fingerprint density at radius 3 is 2.31 bits per heavy atom. The van der Waals surface area contributed by atoms with Crippen molar-refractivity contribution < 1.29 is 9.59 Å². The molecule has 2 aromatic carbocycles. The van der Waals surface area contributed by atoms with E-state index in [1.807, 2.05) is 19.1 Å². The van der Waals surface area contributed by atoms with Gasteiger partial charge >= 0.3 is 0 Å². The number of ketones is 1. The predicted molar refractivity (Wildman–Crippen MR) is 116 cm³/mol. The highest BCUT2D eigenvalue weighted by Gasteiger charge is 2.27. The molecule has 8 heteroatoms. The van der Waals surface area contributed by atoms with Gasteiger partial charge in [-0.25, -0.2) is 4.68 Å². The molecule has 5 nitrogen and oxygen atoms in total. The first kappa shape index (κ1) is 21.4. The van der Waals surface area contributed by atoms with Gasteiger partial charge in [-0.2, -0.15) is 5.10 Å². The number of carbonyl (C=O) groups is 2. The zero-order chi connectivity index (χ0) is 21.1. The van der Waals surface area contributed by atoms with E-state index in [1.165, 1.54) is 0 Å². The van der Waals surface area contributed by atoms with E-state index in [2.05, 4.69) is 10.4 Å². The highest BCUT2D eigenvalue weighted by molar-refractivity contribution is 6.42. The van der Waals surface area contributed by atoms with Crippen molar-refractivity contribution in [2.75, 3.05) is 6.54 Å². The lowest BCUT2D eigenvalue weighted by atomic mass is 10.0. The molecule has 3 rings (SSSR count). The summed E-state index contributed by atoms with van der Waals surface area (Å²) >= 11 is 18.4. The zero-order valence-electron chi connectivity index (χ0n) is 15.8. The summed E-state index contributed by atoms with van der Waals surface area (Å²) in [5.74, 6) is -1.39. The van der Waals surface area contributed by atoms with Gasteiger partial charge in [0, 0.05) is 27.7 Å². The number of nitrogens with one attached hydrogen (secondary N) is 1. The molecule has 1 heterocycles. The SMILES string of the molecule is CCCNC(=O)C(=O)c1nn(-c2ccc(Cl)cc2Cl)c(-c2ccc(Cl)cc2)c1C. The molecule has 0 radical (unpaired) electrons. The largest absolute Gasteiger partial charge is 0.349 e. The molecule has 0 bridgehead atoms. The van der Waals surface area contributed by atoms with Crippen LogP contribution in [0.3, 0.4) is 0 Å². The van der Waals surface area contributed by atoms with Crippen LogP contribution >= 0.6 is 34.8 Å². The molecule has 1 amide bonds. The van der Waals surface area contributed by atoms with Crippen LogP contribution in [0.5, 0.6) is 0 Å². The number of carbonyl (C=O) groups excluding carboxylic acids is 2. The summed E-state index contributed by atoms with van der Waals surface area (Å²) in [6.07, 6.45) is 0.725. The summed E-state index contributed by atoms with van der Waals surface area (Å²) in [5.41, 5.74) is 2.58. The molecule has 1 N–H and O–H groups in total. The van der Waals surface area contributed by atoms with Gasteiger partial charge in [0.15, 0.2) is 0 Å². The number of rotatable bonds is 6. The lowest BCUT2D eigenvalue weighted by Gasteiger charge is -2.11. The highest BCUT2D eigenvalue weighted by Crippen LogP contribution is 2.33. The Morgan fingerprint density at radius 2 is 1.69 bits per heavy atom. The lowest BCUT2D eigenvalue weighted by molar-refractivity contribution is -0.117. The van der Waals surface area contributed by atoms with Crippen molar-refractivity contribution in [3.8, 4) is 16.9 Å². The minimum atomic E-state index is -0.699. The molecule has 0 spiro atoms. The maximum absolute atomic E-state index is 12.7. The monoisotopic (exact) mass is 449 g/mol. The van der Waals surface area contributed by atoms with Crippen LogP contribution in [-0.4, -0.2) is 28.0 Å². The van der Waals surface area contributed by atoms with Crippen molar-refractivity contribution in [1.82, 2.24) is 15.1 Å². The van der Waals surface area contributed by atoms with E-state index < -0.39 is 11.7 Å². The fraction of sp³-hybridized carbons (Fsp3) is 0.190. The van der Waals surface area contributed by atoms with E-state index in [9.17, 15) is 9.59 Å². The minimum absolute atomic E-state index is 0.0644. The number of halogens is 3. The van der Waals surface area contributed by atoms with Crippen LogP contribution < -0.4 is 5.32 Å². The number of aromatic nitrogens is 2. The van der Waals surface area contributed by atoms with Crippen LogP contribution in [-0.2, 0) is 4.79 Å². The van der Waals surface area contributed by atoms with Gasteiger partial charge in [0.1, 0.15) is 5.69 Å². The van der Waals surface area contributed by atoms with Crippen molar-refractivity contribution in [3.05, 3.63) is 68.8 Å². The van der Waals surface area contributed by atoms with Gasteiger partial charge in [-0.15, -0.1) is 0 Å². The summed E-state index contributed by atoms with van der Waals surface area (Å²) in [7, 11) is 0. The van der Waals surface area contributed by atoms with Gasteiger partial charge in [0.05, 0.1) is 16.4 Å². The normalized spacial score (nSPS) is 10.8. The number of benzene rings is 2. The van der Waals surface area contributed by atoms with Crippen LogP contribution in [0, 0.1) is 6.92 Å². The van der Waals surface area contributed by atoms with Crippen LogP contribution in [0.15, 0.2) is 42.5 Å². The number of nitrogens with zero attached hydrogens (tertiary/aromatic N) is 2. The number of hydrogen-bond donors (Lipinski definition) is 1. The Hall–Kier alpha value is -2.34. The molecule has 0 saturated carbocycles. The zero-order valence-corrected chi connectivity index (χ0v) is 18.1. The van der Waals surface area contributed by atoms with E-state index in [0.29, 0.717) is 38.6 Å². The Kier molecular flexibility index (Phi) is 6.63. The fourth-order valence-electron chi connectivity index (χ4n) is 2.91. The van der Waals surface area contributed by atoms with Crippen LogP contribution in [0.4, 0.5) is 0 Å². The summed E-state index contributed by atoms with van der Waals surface area (Å²) in [6.45, 7) is 4.07. The van der Waals surface area contributed by atoms with Gasteiger partial charge in [0.25, 0.3) is 11.7 Å². The summed E-state index contributed by atoms with van der Waals surface area (Å²) in [5, 5.41) is 8.46. The quantitative estimate of drug-likeness (QED) is 0.397. The minimum Gasteiger partial charge on any atom is -0.349 e. The third kappa shape index (κ3) is 4.47. The van der Waals surface area contributed by atoms with Gasteiger partial charge in [-0.1, -0.05) is 53.9 Å². The van der Waals surface area contributed by atoms with E-state index >= 15 is 0 Å². The second-order valence-electron chi connectivity index (χ2n) is 6.42. The summed E-state index contributed by atoms with van der Waals surface area (Å²) in [6, 6.07) is 12.1. The van der Waals surface area contributed by atoms with Crippen molar-refractivity contribution in [2.24, 2.45) is 0 Å². The van der Waals surface area contributed by atoms with E-state index in [4.69, 9.17) is 34.8 Å². The van der Waals surface area contributed by atoms with Gasteiger partial charge in [-0.3, -0.25) is 9.59 Å². The maximum atomic E-state index is 12.7. The molecule has 0 saturated heterocycles. The number of hydrogen-bond acceptors (Lipinski definition) is 3. The van der Waals surface area contributed by atoms with Gasteiger partial charge in [0.2, 0.25) is 0 Å². The van der Waals surface area contributed by atoms with Crippen LogP contribution in [0.1, 0.15) is 29.4 Å². The molecule has 29 heavy (non-hydrogen) atoms. The Morgan fingerprint density at radius 1 is 1.03 bits per heavy atom. The molecule has 1 aromatic heterocycles.